The van der Waals surface area contributed by atoms with Crippen molar-refractivity contribution in [3.05, 3.63) is 33.3 Å². The topological polar surface area (TPSA) is 91.9 Å². The molecule has 1 atom stereocenters. The van der Waals surface area contributed by atoms with Crippen LogP contribution in [0.2, 0.25) is 0 Å². The van der Waals surface area contributed by atoms with Crippen LogP contribution in [0.5, 0.6) is 5.75 Å². The van der Waals surface area contributed by atoms with Gasteiger partial charge in [-0.15, -0.1) is 0 Å². The fraction of sp³-hybridized carbons (Fsp3) is 0.421. The first-order valence-electron chi connectivity index (χ1n) is 9.06. The third kappa shape index (κ3) is 3.90. The fourth-order valence-electron chi connectivity index (χ4n) is 3.04. The minimum Gasteiger partial charge on any atom is -0.497 e. The summed E-state index contributed by atoms with van der Waals surface area (Å²) in [5, 5.41) is 3.78. The summed E-state index contributed by atoms with van der Waals surface area (Å²) in [6, 6.07) is 5.72. The largest absolute Gasteiger partial charge is 0.497 e. The van der Waals surface area contributed by atoms with Crippen LogP contribution in [0.15, 0.2) is 23.0 Å². The monoisotopic (exact) mass is 388 g/mol. The highest BCUT2D eigenvalue weighted by Crippen LogP contribution is 2.25. The number of ether oxygens (including phenoxy) is 1. The molecule has 1 amide bonds. The number of rotatable bonds is 7. The average Bonchev–Trinajstić information content (AvgIpc) is 3.02. The predicted octanol–water partition coefficient (Wildman–Crippen LogP) is 3.24. The molecular weight excluding hydrogens is 364 g/mol. The van der Waals surface area contributed by atoms with Crippen molar-refractivity contribution in [1.82, 2.24) is 19.9 Å². The van der Waals surface area contributed by atoms with Gasteiger partial charge in [0.15, 0.2) is 4.77 Å². The average molecular weight is 388 g/mol. The molecule has 0 saturated heterocycles. The summed E-state index contributed by atoms with van der Waals surface area (Å²) in [6.45, 7) is 4.38. The van der Waals surface area contributed by atoms with Crippen molar-refractivity contribution < 1.29 is 9.53 Å². The number of methoxy groups -OCH3 is 1. The lowest BCUT2D eigenvalue weighted by Gasteiger charge is -2.11. The molecule has 3 aromatic rings. The lowest BCUT2D eigenvalue weighted by Crippen LogP contribution is -2.32. The summed E-state index contributed by atoms with van der Waals surface area (Å²) in [5.41, 5.74) is 1.78. The minimum atomic E-state index is -0.189. The highest BCUT2D eigenvalue weighted by atomic mass is 32.1. The smallest absolute Gasteiger partial charge is 0.278 e. The van der Waals surface area contributed by atoms with Gasteiger partial charge in [-0.25, -0.2) is 0 Å². The van der Waals surface area contributed by atoms with Gasteiger partial charge >= 0.3 is 0 Å². The Hall–Kier alpha value is -2.61. The second-order valence-corrected chi connectivity index (χ2v) is 7.04. The number of fused-ring (bicyclic) bond motifs is 3. The van der Waals surface area contributed by atoms with Crippen molar-refractivity contribution >= 4 is 40.1 Å². The van der Waals surface area contributed by atoms with Gasteiger partial charge in [0.25, 0.3) is 5.56 Å². The van der Waals surface area contributed by atoms with Crippen LogP contribution in [-0.4, -0.2) is 33.6 Å². The number of carbonyl (C=O) groups is 1. The molecule has 0 aliphatic heterocycles. The number of hydrogen-bond acceptors (Lipinski definition) is 4. The van der Waals surface area contributed by atoms with Gasteiger partial charge in [-0.05, 0) is 50.2 Å². The van der Waals surface area contributed by atoms with E-state index in [0.29, 0.717) is 40.9 Å². The third-order valence-corrected chi connectivity index (χ3v) is 5.07. The molecule has 0 saturated carbocycles. The number of aromatic amines is 2. The highest BCUT2D eigenvalue weighted by Gasteiger charge is 2.13. The van der Waals surface area contributed by atoms with Crippen LogP contribution < -0.4 is 15.6 Å². The standard InChI is InChI=1S/C19H24N4O3S/c1-4-11(2)20-15(24)6-5-9-23-18(25)17-16(22-19(23)27)13-10-12(26-3)7-8-14(13)21-17/h7-8,10-11,21H,4-6,9H2,1-3H3,(H,20,24)(H,22,27)/t11-/m0/s1. The number of H-pyrrole nitrogens is 2. The van der Waals surface area contributed by atoms with E-state index in [4.69, 9.17) is 17.0 Å². The Balaban J connectivity index is 1.87. The Morgan fingerprint density at radius 2 is 2.11 bits per heavy atom. The van der Waals surface area contributed by atoms with E-state index in [-0.39, 0.29) is 17.5 Å². The summed E-state index contributed by atoms with van der Waals surface area (Å²) < 4.78 is 7.11. The van der Waals surface area contributed by atoms with E-state index in [0.717, 1.165) is 17.3 Å². The molecule has 0 unspecified atom stereocenters. The van der Waals surface area contributed by atoms with Crippen LogP contribution >= 0.6 is 12.2 Å². The number of carbonyl (C=O) groups excluding carboxylic acids is 1. The first-order chi connectivity index (χ1) is 12.9. The number of amides is 1. The maximum Gasteiger partial charge on any atom is 0.278 e. The second kappa shape index (κ2) is 7.96. The van der Waals surface area contributed by atoms with E-state index >= 15 is 0 Å². The van der Waals surface area contributed by atoms with Crippen molar-refractivity contribution in [3.63, 3.8) is 0 Å². The van der Waals surface area contributed by atoms with Crippen LogP contribution in [0.1, 0.15) is 33.1 Å². The third-order valence-electron chi connectivity index (χ3n) is 4.75. The lowest BCUT2D eigenvalue weighted by molar-refractivity contribution is -0.121. The minimum absolute atomic E-state index is 0.00826. The van der Waals surface area contributed by atoms with Gasteiger partial charge in [0, 0.05) is 29.9 Å². The van der Waals surface area contributed by atoms with E-state index in [1.807, 2.05) is 32.0 Å². The molecule has 8 heteroatoms. The summed E-state index contributed by atoms with van der Waals surface area (Å²) in [4.78, 5) is 31.1. The quantitative estimate of drug-likeness (QED) is 0.542. The van der Waals surface area contributed by atoms with Crippen molar-refractivity contribution in [3.8, 4) is 5.75 Å². The van der Waals surface area contributed by atoms with E-state index in [1.165, 1.54) is 4.57 Å². The van der Waals surface area contributed by atoms with Crippen molar-refractivity contribution in [1.29, 1.82) is 0 Å². The normalized spacial score (nSPS) is 12.4. The second-order valence-electron chi connectivity index (χ2n) is 6.65. The number of aromatic nitrogens is 3. The van der Waals surface area contributed by atoms with E-state index < -0.39 is 0 Å². The first-order valence-corrected chi connectivity index (χ1v) is 9.47. The molecule has 0 radical (unpaired) electrons. The van der Waals surface area contributed by atoms with Gasteiger partial charge in [-0.1, -0.05) is 6.92 Å². The van der Waals surface area contributed by atoms with E-state index in [1.54, 1.807) is 7.11 Å². The molecule has 2 aromatic heterocycles. The molecule has 0 bridgehead atoms. The molecule has 0 aliphatic rings. The summed E-state index contributed by atoms with van der Waals surface area (Å²) in [6.07, 6.45) is 1.78. The van der Waals surface area contributed by atoms with Crippen LogP contribution in [0.4, 0.5) is 0 Å². The van der Waals surface area contributed by atoms with Gasteiger partial charge in [0.2, 0.25) is 5.91 Å². The van der Waals surface area contributed by atoms with Crippen molar-refractivity contribution in [2.75, 3.05) is 7.11 Å². The summed E-state index contributed by atoms with van der Waals surface area (Å²) in [5.74, 6) is 0.699. The van der Waals surface area contributed by atoms with E-state index in [9.17, 15) is 9.59 Å². The highest BCUT2D eigenvalue weighted by molar-refractivity contribution is 7.71. The van der Waals surface area contributed by atoms with Crippen LogP contribution in [-0.2, 0) is 11.3 Å². The van der Waals surface area contributed by atoms with Crippen molar-refractivity contribution in [2.24, 2.45) is 0 Å². The number of nitrogens with one attached hydrogen (secondary N) is 3. The molecule has 0 fully saturated rings. The van der Waals surface area contributed by atoms with Crippen LogP contribution in [0.3, 0.4) is 0 Å². The Kier molecular flexibility index (Phi) is 5.65. The number of nitrogens with zero attached hydrogens (tertiary/aromatic N) is 1. The van der Waals surface area contributed by atoms with Gasteiger partial charge < -0.3 is 20.0 Å². The zero-order valence-corrected chi connectivity index (χ0v) is 16.5. The van der Waals surface area contributed by atoms with Gasteiger partial charge in [-0.3, -0.25) is 14.2 Å². The van der Waals surface area contributed by atoms with Crippen LogP contribution in [0.25, 0.3) is 21.9 Å². The molecular formula is C19H24N4O3S. The molecule has 1 aromatic carbocycles. The molecule has 0 aliphatic carbocycles. The maximum atomic E-state index is 12.9. The summed E-state index contributed by atoms with van der Waals surface area (Å²) in [7, 11) is 1.60. The number of hydrogen-bond donors (Lipinski definition) is 3. The summed E-state index contributed by atoms with van der Waals surface area (Å²) >= 11 is 5.39. The molecule has 3 rings (SSSR count). The SMILES string of the molecule is CC[C@H](C)NC(=O)CCCn1c(=S)[nH]c2c([nH]c3ccc(OC)cc32)c1=O. The maximum absolute atomic E-state index is 12.9. The molecule has 7 nitrogen and oxygen atoms in total. The van der Waals surface area contributed by atoms with Gasteiger partial charge in [0.05, 0.1) is 12.6 Å². The Morgan fingerprint density at radius 1 is 1.33 bits per heavy atom. The predicted molar refractivity (Wildman–Crippen MR) is 109 cm³/mol. The Bertz CT molecular complexity index is 1100. The first kappa shape index (κ1) is 19.2. The Labute approximate surface area is 161 Å². The lowest BCUT2D eigenvalue weighted by atomic mass is 10.2. The molecule has 0 spiro atoms. The van der Waals surface area contributed by atoms with Gasteiger partial charge in [-0.2, -0.15) is 0 Å². The van der Waals surface area contributed by atoms with Crippen LogP contribution in [0, 0.1) is 4.77 Å². The fourth-order valence-corrected chi connectivity index (χ4v) is 3.32. The Morgan fingerprint density at radius 3 is 2.81 bits per heavy atom. The van der Waals surface area contributed by atoms with E-state index in [2.05, 4.69) is 15.3 Å². The molecule has 3 N–H and O–H groups in total. The molecule has 27 heavy (non-hydrogen) atoms. The molecule has 2 heterocycles. The van der Waals surface area contributed by atoms with Gasteiger partial charge in [0.1, 0.15) is 11.3 Å². The molecule has 144 valence electrons. The zero-order chi connectivity index (χ0) is 19.6. The number of benzene rings is 1. The van der Waals surface area contributed by atoms with Crippen molar-refractivity contribution in [2.45, 2.75) is 45.7 Å². The zero-order valence-electron chi connectivity index (χ0n) is 15.7.